The Kier molecular flexibility index (Phi) is 55.2. The van der Waals surface area contributed by atoms with Crippen molar-refractivity contribution in [3.05, 3.63) is 12.2 Å². The fourth-order valence-corrected chi connectivity index (χ4v) is 9.94. The Morgan fingerprint density at radius 1 is 0.358 bits per heavy atom. The zero-order valence-corrected chi connectivity index (χ0v) is 45.4. The molecular weight excluding hydrogens is 827 g/mol. The van der Waals surface area contributed by atoms with Gasteiger partial charge in [0.25, 0.3) is 0 Å². The van der Waals surface area contributed by atoms with Crippen LogP contribution >= 0.6 is 0 Å². The van der Waals surface area contributed by atoms with Crippen LogP contribution in [0.15, 0.2) is 12.2 Å². The van der Waals surface area contributed by atoms with E-state index < -0.39 is 36.9 Å². The molecule has 67 heavy (non-hydrogen) atoms. The number of unbranched alkanes of at least 4 members (excludes halogenated alkanes) is 46. The number of carbonyl (C=O) groups excluding carboxylic acids is 1. The van der Waals surface area contributed by atoms with Crippen LogP contribution in [0, 0.1) is 0 Å². The van der Waals surface area contributed by atoms with Crippen LogP contribution in [-0.2, 0) is 4.79 Å². The van der Waals surface area contributed by atoms with Crippen LogP contribution < -0.4 is 5.32 Å². The van der Waals surface area contributed by atoms with E-state index in [1.807, 2.05) is 0 Å². The third kappa shape index (κ3) is 49.8. The third-order valence-electron chi connectivity index (χ3n) is 14.7. The molecule has 0 heterocycles. The Morgan fingerprint density at radius 3 is 0.896 bits per heavy atom. The Hall–Kier alpha value is -0.950. The number of rotatable bonds is 57. The Balaban J connectivity index is 3.60. The Morgan fingerprint density at radius 2 is 0.612 bits per heavy atom. The summed E-state index contributed by atoms with van der Waals surface area (Å²) in [6.07, 6.45) is 67.3. The highest BCUT2D eigenvalue weighted by Gasteiger charge is 2.28. The summed E-state index contributed by atoms with van der Waals surface area (Å²) in [5, 5.41) is 44.1. The van der Waals surface area contributed by atoms with Gasteiger partial charge in [-0.25, -0.2) is 0 Å². The molecule has 0 radical (unpaired) electrons. The van der Waals surface area contributed by atoms with Gasteiger partial charge in [-0.1, -0.05) is 315 Å². The first kappa shape index (κ1) is 66.0. The highest BCUT2D eigenvalue weighted by Crippen LogP contribution is 2.19. The van der Waals surface area contributed by atoms with Crippen LogP contribution in [0.5, 0.6) is 0 Å². The zero-order valence-electron chi connectivity index (χ0n) is 45.4. The molecule has 0 bridgehead atoms. The van der Waals surface area contributed by atoms with E-state index >= 15 is 0 Å². The first-order chi connectivity index (χ1) is 33.0. The summed E-state index contributed by atoms with van der Waals surface area (Å²) >= 11 is 0. The molecule has 0 spiro atoms. The Labute approximate surface area is 419 Å². The largest absolute Gasteiger partial charge is 0.394 e. The molecule has 0 aromatic rings. The van der Waals surface area contributed by atoms with E-state index in [9.17, 15) is 25.2 Å². The van der Waals surface area contributed by atoms with Gasteiger partial charge >= 0.3 is 0 Å². The molecule has 5 N–H and O–H groups in total. The number of hydrogen-bond acceptors (Lipinski definition) is 5. The highest BCUT2D eigenvalue weighted by atomic mass is 16.3. The number of aliphatic hydroxyl groups excluding tert-OH is 4. The van der Waals surface area contributed by atoms with Crippen molar-refractivity contribution >= 4 is 5.91 Å². The predicted molar refractivity (Wildman–Crippen MR) is 293 cm³/mol. The SMILES string of the molecule is CCCCCCCCCCCCCCCCCCCCCCCC/C=C/CCCC(O)C(O)C(CO)NC(=O)C(O)CCCCCCCCCCCCCCCCCCCCCCCCCC. The smallest absolute Gasteiger partial charge is 0.249 e. The molecule has 400 valence electrons. The van der Waals surface area contributed by atoms with E-state index in [-0.39, 0.29) is 0 Å². The second kappa shape index (κ2) is 56.0. The summed E-state index contributed by atoms with van der Waals surface area (Å²) < 4.78 is 0. The molecule has 0 aliphatic heterocycles. The molecule has 0 aromatic heterocycles. The predicted octanol–water partition coefficient (Wildman–Crippen LogP) is 18.0. The average Bonchev–Trinajstić information content (AvgIpc) is 3.33. The molecular formula is C61H121NO5. The van der Waals surface area contributed by atoms with Crippen LogP contribution in [0.3, 0.4) is 0 Å². The second-order valence-corrected chi connectivity index (χ2v) is 21.4. The van der Waals surface area contributed by atoms with E-state index in [1.165, 1.54) is 276 Å². The summed E-state index contributed by atoms with van der Waals surface area (Å²) in [5.74, 6) is -0.585. The highest BCUT2D eigenvalue weighted by molar-refractivity contribution is 5.80. The topological polar surface area (TPSA) is 110 Å². The monoisotopic (exact) mass is 948 g/mol. The van der Waals surface area contributed by atoms with Crippen molar-refractivity contribution in [3.8, 4) is 0 Å². The fraction of sp³-hybridized carbons (Fsp3) is 0.951. The lowest BCUT2D eigenvalue weighted by atomic mass is 10.00. The molecule has 0 aromatic carbocycles. The minimum atomic E-state index is -1.28. The molecule has 1 amide bonds. The van der Waals surface area contributed by atoms with Gasteiger partial charge < -0.3 is 25.7 Å². The van der Waals surface area contributed by atoms with Crippen molar-refractivity contribution in [2.24, 2.45) is 0 Å². The number of allylic oxidation sites excluding steroid dienone is 2. The summed E-state index contributed by atoms with van der Waals surface area (Å²) in [6.45, 7) is 4.09. The van der Waals surface area contributed by atoms with Gasteiger partial charge in [0.1, 0.15) is 12.2 Å². The van der Waals surface area contributed by atoms with Crippen LogP contribution in [0.25, 0.3) is 0 Å². The fourth-order valence-electron chi connectivity index (χ4n) is 9.94. The van der Waals surface area contributed by atoms with Crippen LogP contribution in [-0.4, -0.2) is 57.3 Å². The number of amides is 1. The minimum Gasteiger partial charge on any atom is -0.394 e. The van der Waals surface area contributed by atoms with Gasteiger partial charge in [0, 0.05) is 0 Å². The van der Waals surface area contributed by atoms with Crippen molar-refractivity contribution in [1.29, 1.82) is 0 Å². The van der Waals surface area contributed by atoms with E-state index in [2.05, 4.69) is 31.3 Å². The molecule has 0 aliphatic rings. The van der Waals surface area contributed by atoms with Crippen molar-refractivity contribution in [2.45, 2.75) is 366 Å². The number of aliphatic hydroxyl groups is 4. The summed E-state index contributed by atoms with van der Waals surface area (Å²) in [6, 6.07) is -0.999. The summed E-state index contributed by atoms with van der Waals surface area (Å²) in [4.78, 5) is 12.6. The van der Waals surface area contributed by atoms with Gasteiger partial charge in [-0.15, -0.1) is 0 Å². The molecule has 0 aliphatic carbocycles. The van der Waals surface area contributed by atoms with Gasteiger partial charge in [-0.05, 0) is 38.5 Å². The van der Waals surface area contributed by atoms with E-state index in [1.54, 1.807) is 0 Å². The molecule has 4 unspecified atom stereocenters. The van der Waals surface area contributed by atoms with Crippen LogP contribution in [0.1, 0.15) is 341 Å². The first-order valence-corrected chi connectivity index (χ1v) is 30.6. The molecule has 4 atom stereocenters. The van der Waals surface area contributed by atoms with Gasteiger partial charge in [-0.2, -0.15) is 0 Å². The van der Waals surface area contributed by atoms with Crippen molar-refractivity contribution in [2.75, 3.05) is 6.61 Å². The van der Waals surface area contributed by atoms with Crippen LogP contribution in [0.4, 0.5) is 0 Å². The lowest BCUT2D eigenvalue weighted by Gasteiger charge is -2.27. The Bertz CT molecular complexity index is 975. The van der Waals surface area contributed by atoms with Gasteiger partial charge in [-0.3, -0.25) is 4.79 Å². The van der Waals surface area contributed by atoms with Gasteiger partial charge in [0.05, 0.1) is 18.8 Å². The number of carbonyl (C=O) groups is 1. The maximum atomic E-state index is 12.6. The summed E-state index contributed by atoms with van der Waals surface area (Å²) in [7, 11) is 0. The molecule has 0 fully saturated rings. The molecule has 6 nitrogen and oxygen atoms in total. The van der Waals surface area contributed by atoms with Crippen LogP contribution in [0.2, 0.25) is 0 Å². The molecule has 6 heteroatoms. The van der Waals surface area contributed by atoms with Crippen molar-refractivity contribution in [3.63, 3.8) is 0 Å². The average molecular weight is 949 g/mol. The lowest BCUT2D eigenvalue weighted by molar-refractivity contribution is -0.132. The normalized spacial score (nSPS) is 13.7. The van der Waals surface area contributed by atoms with Gasteiger partial charge in [0.15, 0.2) is 0 Å². The third-order valence-corrected chi connectivity index (χ3v) is 14.7. The maximum absolute atomic E-state index is 12.6. The minimum absolute atomic E-state index is 0.369. The van der Waals surface area contributed by atoms with E-state index in [0.717, 1.165) is 38.5 Å². The number of hydrogen-bond donors (Lipinski definition) is 5. The van der Waals surface area contributed by atoms with E-state index in [4.69, 9.17) is 0 Å². The first-order valence-electron chi connectivity index (χ1n) is 30.6. The molecule has 0 saturated heterocycles. The quantitative estimate of drug-likeness (QED) is 0.0308. The van der Waals surface area contributed by atoms with E-state index in [0.29, 0.717) is 12.8 Å². The number of nitrogens with one attached hydrogen (secondary N) is 1. The second-order valence-electron chi connectivity index (χ2n) is 21.4. The zero-order chi connectivity index (χ0) is 48.8. The standard InChI is InChI=1S/C61H121NO5/c1-3-5-7-9-11-13-15-17-19-21-23-25-27-29-30-31-33-34-36-38-40-42-44-46-48-50-52-54-58(64)60(66)57(56-63)62-61(67)59(65)55-53-51-49-47-45-43-41-39-37-35-32-28-26-24-22-20-18-16-14-12-10-8-6-4-2/h46,48,57-60,63-66H,3-45,47,49-56H2,1-2H3,(H,62,67)/b48-46+. The molecule has 0 saturated carbocycles. The molecule has 0 rings (SSSR count). The van der Waals surface area contributed by atoms with Crippen molar-refractivity contribution < 1.29 is 25.2 Å². The maximum Gasteiger partial charge on any atom is 0.249 e. The van der Waals surface area contributed by atoms with Crippen molar-refractivity contribution in [1.82, 2.24) is 5.32 Å². The lowest BCUT2D eigenvalue weighted by Crippen LogP contribution is -2.53. The summed E-state index contributed by atoms with van der Waals surface area (Å²) in [5.41, 5.74) is 0. The van der Waals surface area contributed by atoms with Gasteiger partial charge in [0.2, 0.25) is 5.91 Å².